The van der Waals surface area contributed by atoms with Crippen LogP contribution in [0.4, 0.5) is 8.78 Å². The molecule has 1 N–H and O–H groups in total. The Morgan fingerprint density at radius 1 is 1.33 bits per heavy atom. The van der Waals surface area contributed by atoms with Gasteiger partial charge in [-0.2, -0.15) is 0 Å². The first-order chi connectivity index (χ1) is 9.99. The molecule has 21 heavy (non-hydrogen) atoms. The lowest BCUT2D eigenvalue weighted by Gasteiger charge is -2.26. The molecular weight excluding hydrogens is 274 g/mol. The van der Waals surface area contributed by atoms with Crippen LogP contribution in [0.1, 0.15) is 41.6 Å². The van der Waals surface area contributed by atoms with Crippen molar-refractivity contribution in [1.29, 1.82) is 0 Å². The van der Waals surface area contributed by atoms with Gasteiger partial charge in [0.25, 0.3) is 5.91 Å². The normalized spacial score (nSPS) is 18.6. The number of halogens is 2. The maximum atomic E-state index is 13.7. The molecule has 1 atom stereocenters. The molecule has 5 heteroatoms. The van der Waals surface area contributed by atoms with Crippen molar-refractivity contribution in [2.75, 3.05) is 20.1 Å². The smallest absolute Gasteiger partial charge is 0.256 e. The summed E-state index contributed by atoms with van der Waals surface area (Å²) in [6, 6.07) is 2.48. The van der Waals surface area contributed by atoms with Crippen molar-refractivity contribution >= 4 is 5.91 Å². The van der Waals surface area contributed by atoms with Gasteiger partial charge in [0.15, 0.2) is 0 Å². The number of amides is 1. The van der Waals surface area contributed by atoms with Crippen molar-refractivity contribution < 1.29 is 13.6 Å². The first kappa shape index (κ1) is 15.9. The van der Waals surface area contributed by atoms with E-state index in [0.29, 0.717) is 12.6 Å². The molecule has 0 bridgehead atoms. The van der Waals surface area contributed by atoms with E-state index in [9.17, 15) is 13.6 Å². The average Bonchev–Trinajstić information content (AvgIpc) is 2.49. The van der Waals surface area contributed by atoms with E-state index in [0.717, 1.165) is 25.5 Å². The lowest BCUT2D eigenvalue weighted by atomic mass is 10.0. The van der Waals surface area contributed by atoms with Gasteiger partial charge in [-0.05, 0) is 44.4 Å². The molecule has 0 saturated carbocycles. The van der Waals surface area contributed by atoms with E-state index in [1.54, 1.807) is 7.05 Å². The summed E-state index contributed by atoms with van der Waals surface area (Å²) in [6.07, 6.45) is 4.38. The van der Waals surface area contributed by atoms with E-state index in [1.807, 2.05) is 0 Å². The zero-order chi connectivity index (χ0) is 15.4. The van der Waals surface area contributed by atoms with Gasteiger partial charge in [0.2, 0.25) is 0 Å². The van der Waals surface area contributed by atoms with E-state index < -0.39 is 17.5 Å². The number of nitrogens with one attached hydrogen (secondary N) is 1. The first-order valence-electron chi connectivity index (χ1n) is 7.43. The molecule has 2 rings (SSSR count). The molecule has 1 saturated heterocycles. The third kappa shape index (κ3) is 4.00. The number of rotatable bonds is 4. The van der Waals surface area contributed by atoms with E-state index in [1.165, 1.54) is 30.7 Å². The Balaban J connectivity index is 1.97. The molecule has 0 spiro atoms. The number of aryl methyl sites for hydroxylation is 1. The molecule has 1 aliphatic rings. The van der Waals surface area contributed by atoms with Crippen LogP contribution in [0.2, 0.25) is 0 Å². The number of nitrogens with zero attached hydrogens (tertiary/aromatic N) is 1. The van der Waals surface area contributed by atoms with Gasteiger partial charge in [-0.15, -0.1) is 0 Å². The Bertz CT molecular complexity index is 513. The van der Waals surface area contributed by atoms with Gasteiger partial charge in [0.1, 0.15) is 11.6 Å². The minimum Gasteiger partial charge on any atom is -0.342 e. The highest BCUT2D eigenvalue weighted by molar-refractivity contribution is 5.94. The summed E-state index contributed by atoms with van der Waals surface area (Å²) < 4.78 is 27.0. The quantitative estimate of drug-likeness (QED) is 0.926. The molecule has 1 heterocycles. The number of hydrogen-bond donors (Lipinski definition) is 1. The second-order valence-corrected chi connectivity index (χ2v) is 5.74. The summed E-state index contributed by atoms with van der Waals surface area (Å²) in [5, 5.41) is 3.42. The lowest BCUT2D eigenvalue weighted by Crippen LogP contribution is -2.38. The Kier molecular flexibility index (Phi) is 5.28. The summed E-state index contributed by atoms with van der Waals surface area (Å²) in [4.78, 5) is 13.8. The largest absolute Gasteiger partial charge is 0.342 e. The van der Waals surface area contributed by atoms with Gasteiger partial charge in [-0.25, -0.2) is 8.78 Å². The fraction of sp³-hybridized carbons (Fsp3) is 0.562. The zero-order valence-corrected chi connectivity index (χ0v) is 12.6. The Labute approximate surface area is 124 Å². The van der Waals surface area contributed by atoms with Crippen LogP contribution >= 0.6 is 0 Å². The third-order valence-corrected chi connectivity index (χ3v) is 4.05. The highest BCUT2D eigenvalue weighted by atomic mass is 19.1. The fourth-order valence-corrected chi connectivity index (χ4v) is 2.65. The highest BCUT2D eigenvalue weighted by Gasteiger charge is 2.20. The molecule has 0 aromatic heterocycles. The summed E-state index contributed by atoms with van der Waals surface area (Å²) in [7, 11) is 1.66. The van der Waals surface area contributed by atoms with Crippen LogP contribution < -0.4 is 5.32 Å². The molecule has 1 amide bonds. The monoisotopic (exact) mass is 296 g/mol. The van der Waals surface area contributed by atoms with Crippen molar-refractivity contribution in [2.24, 2.45) is 0 Å². The van der Waals surface area contributed by atoms with E-state index in [-0.39, 0.29) is 11.1 Å². The fourth-order valence-electron chi connectivity index (χ4n) is 2.65. The van der Waals surface area contributed by atoms with E-state index >= 15 is 0 Å². The van der Waals surface area contributed by atoms with Crippen molar-refractivity contribution in [3.63, 3.8) is 0 Å². The van der Waals surface area contributed by atoms with Gasteiger partial charge >= 0.3 is 0 Å². The van der Waals surface area contributed by atoms with Crippen LogP contribution in [-0.2, 0) is 0 Å². The predicted molar refractivity (Wildman–Crippen MR) is 78.3 cm³/mol. The number of carbonyl (C=O) groups is 1. The lowest BCUT2D eigenvalue weighted by molar-refractivity contribution is 0.0783. The molecule has 1 aliphatic heterocycles. The average molecular weight is 296 g/mol. The minimum absolute atomic E-state index is 0.0620. The molecule has 1 aromatic carbocycles. The van der Waals surface area contributed by atoms with Gasteiger partial charge in [-0.1, -0.05) is 6.42 Å². The predicted octanol–water partition coefficient (Wildman–Crippen LogP) is 2.88. The van der Waals surface area contributed by atoms with Crippen LogP contribution in [0.3, 0.4) is 0 Å². The second kappa shape index (κ2) is 6.98. The van der Waals surface area contributed by atoms with Crippen LogP contribution in [0.5, 0.6) is 0 Å². The van der Waals surface area contributed by atoms with Gasteiger partial charge in [0, 0.05) is 25.7 Å². The standard InChI is InChI=1S/C16H22F2N2O/c1-11-9-13(15(18)10-14(11)17)16(21)20(2)8-6-12-5-3-4-7-19-12/h9-10,12,19H,3-8H2,1-2H3. The Morgan fingerprint density at radius 3 is 2.76 bits per heavy atom. The molecule has 1 fully saturated rings. The van der Waals surface area contributed by atoms with Crippen LogP contribution in [0.15, 0.2) is 12.1 Å². The highest BCUT2D eigenvalue weighted by Crippen LogP contribution is 2.17. The van der Waals surface area contributed by atoms with Crippen LogP contribution in [-0.4, -0.2) is 37.0 Å². The topological polar surface area (TPSA) is 32.3 Å². The maximum Gasteiger partial charge on any atom is 0.256 e. The van der Waals surface area contributed by atoms with Crippen LogP contribution in [0.25, 0.3) is 0 Å². The van der Waals surface area contributed by atoms with E-state index in [2.05, 4.69) is 5.32 Å². The summed E-state index contributed by atoms with van der Waals surface area (Å²) in [6.45, 7) is 3.11. The first-order valence-corrected chi connectivity index (χ1v) is 7.43. The van der Waals surface area contributed by atoms with Crippen molar-refractivity contribution in [3.8, 4) is 0 Å². The molecule has 0 aliphatic carbocycles. The molecule has 0 radical (unpaired) electrons. The number of piperidine rings is 1. The van der Waals surface area contributed by atoms with Gasteiger partial charge in [0.05, 0.1) is 5.56 Å². The number of hydrogen-bond acceptors (Lipinski definition) is 2. The zero-order valence-electron chi connectivity index (χ0n) is 12.6. The van der Waals surface area contributed by atoms with Gasteiger partial charge < -0.3 is 10.2 Å². The minimum atomic E-state index is -0.800. The molecule has 3 nitrogen and oxygen atoms in total. The van der Waals surface area contributed by atoms with Crippen molar-refractivity contribution in [2.45, 2.75) is 38.6 Å². The second-order valence-electron chi connectivity index (χ2n) is 5.74. The van der Waals surface area contributed by atoms with Crippen LogP contribution in [0, 0.1) is 18.6 Å². The summed E-state index contributed by atoms with van der Waals surface area (Å²) in [5.74, 6) is -1.82. The summed E-state index contributed by atoms with van der Waals surface area (Å²) in [5.41, 5.74) is 0.218. The third-order valence-electron chi connectivity index (χ3n) is 4.05. The van der Waals surface area contributed by atoms with Gasteiger partial charge in [-0.3, -0.25) is 4.79 Å². The molecular formula is C16H22F2N2O. The number of benzene rings is 1. The van der Waals surface area contributed by atoms with Crippen molar-refractivity contribution in [1.82, 2.24) is 10.2 Å². The molecule has 1 unspecified atom stereocenters. The maximum absolute atomic E-state index is 13.7. The Morgan fingerprint density at radius 2 is 2.10 bits per heavy atom. The molecule has 1 aromatic rings. The number of carbonyl (C=O) groups excluding carboxylic acids is 1. The van der Waals surface area contributed by atoms with E-state index in [4.69, 9.17) is 0 Å². The Hall–Kier alpha value is -1.49. The summed E-state index contributed by atoms with van der Waals surface area (Å²) >= 11 is 0. The molecule has 116 valence electrons. The van der Waals surface area contributed by atoms with Crippen molar-refractivity contribution in [3.05, 3.63) is 34.9 Å². The SMILES string of the molecule is Cc1cc(C(=O)N(C)CCC2CCCCN2)c(F)cc1F.